The van der Waals surface area contributed by atoms with Gasteiger partial charge in [0, 0.05) is 17.2 Å². The summed E-state index contributed by atoms with van der Waals surface area (Å²) >= 11 is 9.83. The number of benzene rings is 1. The van der Waals surface area contributed by atoms with Gasteiger partial charge in [-0.05, 0) is 18.6 Å². The van der Waals surface area contributed by atoms with Crippen LogP contribution in [0.25, 0.3) is 0 Å². The van der Waals surface area contributed by atoms with Crippen molar-refractivity contribution in [3.05, 3.63) is 34.3 Å². The molecule has 0 N–H and O–H groups in total. The van der Waals surface area contributed by atoms with Gasteiger partial charge < -0.3 is 0 Å². The highest BCUT2D eigenvalue weighted by atomic mass is 35.5. The van der Waals surface area contributed by atoms with E-state index in [9.17, 15) is 4.79 Å². The zero-order valence-electron chi connectivity index (χ0n) is 7.38. The molecule has 1 rings (SSSR count). The Morgan fingerprint density at radius 1 is 1.54 bits per heavy atom. The van der Waals surface area contributed by atoms with Crippen LogP contribution in [0.5, 0.6) is 0 Å². The van der Waals surface area contributed by atoms with Crippen LogP contribution < -0.4 is 0 Å². The van der Waals surface area contributed by atoms with Gasteiger partial charge in [-0.2, -0.15) is 12.6 Å². The predicted octanol–water partition coefficient (Wildman–Crippen LogP) is 2.69. The smallest absolute Gasteiger partial charge is 0.146 e. The molecule has 0 spiro atoms. The summed E-state index contributed by atoms with van der Waals surface area (Å²) in [6.07, 6.45) is 0.379. The number of ketones is 1. The molecular formula is C10H11ClOS. The highest BCUT2D eigenvalue weighted by Gasteiger charge is 2.05. The number of thiol groups is 1. The normalized spacial score (nSPS) is 10.1. The number of halogens is 1. The van der Waals surface area contributed by atoms with Crippen molar-refractivity contribution >= 4 is 30.0 Å². The quantitative estimate of drug-likeness (QED) is 0.766. The van der Waals surface area contributed by atoms with E-state index in [0.29, 0.717) is 11.4 Å². The maximum absolute atomic E-state index is 11.1. The number of hydrogen-bond acceptors (Lipinski definition) is 2. The molecule has 0 aliphatic rings. The molecule has 0 unspecified atom stereocenters. The lowest BCUT2D eigenvalue weighted by Gasteiger charge is -2.03. The van der Waals surface area contributed by atoms with Crippen LogP contribution in [0.3, 0.4) is 0 Å². The molecule has 70 valence electrons. The van der Waals surface area contributed by atoms with E-state index in [1.54, 1.807) is 0 Å². The third-order valence-electron chi connectivity index (χ3n) is 1.77. The highest BCUT2D eigenvalue weighted by molar-refractivity contribution is 7.81. The van der Waals surface area contributed by atoms with Crippen molar-refractivity contribution < 1.29 is 4.79 Å². The first kappa shape index (κ1) is 10.6. The van der Waals surface area contributed by atoms with Gasteiger partial charge in [-0.15, -0.1) is 0 Å². The molecule has 1 aromatic carbocycles. The highest BCUT2D eigenvalue weighted by Crippen LogP contribution is 2.18. The fourth-order valence-electron chi connectivity index (χ4n) is 1.11. The van der Waals surface area contributed by atoms with E-state index in [4.69, 9.17) is 11.6 Å². The number of aryl methyl sites for hydroxylation is 1. The predicted molar refractivity (Wildman–Crippen MR) is 58.8 cm³/mol. The summed E-state index contributed by atoms with van der Waals surface area (Å²) in [5.74, 6) is 0.361. The Bertz CT molecular complexity index is 323. The molecule has 0 radical (unpaired) electrons. The van der Waals surface area contributed by atoms with Gasteiger partial charge in [0.15, 0.2) is 0 Å². The van der Waals surface area contributed by atoms with Crippen LogP contribution >= 0.6 is 24.2 Å². The largest absolute Gasteiger partial charge is 0.298 e. The van der Waals surface area contributed by atoms with Gasteiger partial charge in [0.1, 0.15) is 5.78 Å². The first-order valence-corrected chi connectivity index (χ1v) is 5.02. The average Bonchev–Trinajstić information content (AvgIpc) is 2.11. The average molecular weight is 215 g/mol. The monoisotopic (exact) mass is 214 g/mol. The third kappa shape index (κ3) is 3.05. The van der Waals surface area contributed by atoms with Crippen LogP contribution in [0.15, 0.2) is 18.2 Å². The summed E-state index contributed by atoms with van der Waals surface area (Å²) in [5, 5.41) is 0.653. The maximum atomic E-state index is 11.1. The molecular weight excluding hydrogens is 204 g/mol. The molecule has 0 bridgehead atoms. The molecule has 1 nitrogen and oxygen atoms in total. The summed E-state index contributed by atoms with van der Waals surface area (Å²) in [7, 11) is 0. The molecule has 0 saturated carbocycles. The van der Waals surface area contributed by atoms with E-state index in [-0.39, 0.29) is 11.5 Å². The van der Waals surface area contributed by atoms with E-state index >= 15 is 0 Å². The standard InChI is InChI=1S/C10H11ClOS/c1-7-2-3-10(11)8(4-7)5-9(12)6-13/h2-4,13H,5-6H2,1H3. The first-order chi connectivity index (χ1) is 6.13. The lowest BCUT2D eigenvalue weighted by atomic mass is 10.1. The van der Waals surface area contributed by atoms with Crippen molar-refractivity contribution in [1.82, 2.24) is 0 Å². The number of carbonyl (C=O) groups excluding carboxylic acids is 1. The molecule has 0 atom stereocenters. The van der Waals surface area contributed by atoms with E-state index in [1.807, 2.05) is 25.1 Å². The van der Waals surface area contributed by atoms with E-state index in [0.717, 1.165) is 11.1 Å². The van der Waals surface area contributed by atoms with Gasteiger partial charge in [0.05, 0.1) is 0 Å². The molecule has 0 amide bonds. The van der Waals surface area contributed by atoms with Crippen molar-refractivity contribution in [3.63, 3.8) is 0 Å². The number of Topliss-reactive ketones (excluding diaryl/α,β-unsaturated/α-hetero) is 1. The summed E-state index contributed by atoms with van der Waals surface area (Å²) in [5.41, 5.74) is 2.01. The fraction of sp³-hybridized carbons (Fsp3) is 0.300. The second kappa shape index (κ2) is 4.68. The maximum Gasteiger partial charge on any atom is 0.146 e. The lowest BCUT2D eigenvalue weighted by molar-refractivity contribution is -0.115. The van der Waals surface area contributed by atoms with Crippen molar-refractivity contribution in [2.45, 2.75) is 13.3 Å². The van der Waals surface area contributed by atoms with Crippen molar-refractivity contribution in [1.29, 1.82) is 0 Å². The molecule has 1 aromatic rings. The van der Waals surface area contributed by atoms with Crippen LogP contribution in [-0.2, 0) is 11.2 Å². The van der Waals surface area contributed by atoms with Crippen molar-refractivity contribution in [2.75, 3.05) is 5.75 Å². The Balaban J connectivity index is 2.87. The summed E-state index contributed by atoms with van der Waals surface area (Å²) in [6.45, 7) is 1.98. The van der Waals surface area contributed by atoms with Gasteiger partial charge in [0.2, 0.25) is 0 Å². The van der Waals surface area contributed by atoms with Gasteiger partial charge in [0.25, 0.3) is 0 Å². The Hall–Kier alpha value is -0.470. The molecule has 0 aliphatic carbocycles. The van der Waals surface area contributed by atoms with Crippen LogP contribution in [0, 0.1) is 6.92 Å². The first-order valence-electron chi connectivity index (χ1n) is 4.01. The molecule has 3 heteroatoms. The Kier molecular flexibility index (Phi) is 3.82. The second-order valence-corrected chi connectivity index (χ2v) is 3.69. The molecule has 0 heterocycles. The van der Waals surface area contributed by atoms with Gasteiger partial charge in [-0.25, -0.2) is 0 Å². The molecule has 0 saturated heterocycles. The summed E-state index contributed by atoms with van der Waals surface area (Å²) in [6, 6.07) is 5.68. The van der Waals surface area contributed by atoms with Crippen LogP contribution in [0.1, 0.15) is 11.1 Å². The minimum atomic E-state index is 0.0934. The minimum absolute atomic E-state index is 0.0934. The van der Waals surface area contributed by atoms with Gasteiger partial charge >= 0.3 is 0 Å². The van der Waals surface area contributed by atoms with Crippen molar-refractivity contribution in [3.8, 4) is 0 Å². The summed E-state index contributed by atoms with van der Waals surface area (Å²) < 4.78 is 0. The Labute approximate surface area is 88.5 Å². The number of rotatable bonds is 3. The third-order valence-corrected chi connectivity index (χ3v) is 2.49. The Morgan fingerprint density at radius 2 is 2.23 bits per heavy atom. The van der Waals surface area contributed by atoms with Crippen molar-refractivity contribution in [2.24, 2.45) is 0 Å². The SMILES string of the molecule is Cc1ccc(Cl)c(CC(=O)CS)c1. The van der Waals surface area contributed by atoms with Gasteiger partial charge in [-0.3, -0.25) is 4.79 Å². The minimum Gasteiger partial charge on any atom is -0.298 e. The van der Waals surface area contributed by atoms with E-state index in [1.165, 1.54) is 0 Å². The number of hydrogen-bond donors (Lipinski definition) is 1. The molecule has 0 aromatic heterocycles. The topological polar surface area (TPSA) is 17.1 Å². The van der Waals surface area contributed by atoms with Crippen LogP contribution in [0.2, 0.25) is 5.02 Å². The number of carbonyl (C=O) groups is 1. The zero-order chi connectivity index (χ0) is 9.84. The fourth-order valence-corrected chi connectivity index (χ4v) is 1.40. The van der Waals surface area contributed by atoms with Gasteiger partial charge in [-0.1, -0.05) is 29.3 Å². The second-order valence-electron chi connectivity index (χ2n) is 2.97. The molecule has 0 fully saturated rings. The van der Waals surface area contributed by atoms with E-state index in [2.05, 4.69) is 12.6 Å². The van der Waals surface area contributed by atoms with E-state index < -0.39 is 0 Å². The summed E-state index contributed by atoms with van der Waals surface area (Å²) in [4.78, 5) is 11.1. The Morgan fingerprint density at radius 3 is 2.85 bits per heavy atom. The molecule has 13 heavy (non-hydrogen) atoms. The van der Waals surface area contributed by atoms with Crippen LogP contribution in [-0.4, -0.2) is 11.5 Å². The van der Waals surface area contributed by atoms with Crippen LogP contribution in [0.4, 0.5) is 0 Å². The zero-order valence-corrected chi connectivity index (χ0v) is 9.03. The lowest BCUT2D eigenvalue weighted by Crippen LogP contribution is -2.04. The molecule has 0 aliphatic heterocycles.